The van der Waals surface area contributed by atoms with Gasteiger partial charge in [0.25, 0.3) is 0 Å². The lowest BCUT2D eigenvalue weighted by atomic mass is 10.3. The van der Waals surface area contributed by atoms with E-state index in [9.17, 15) is 4.79 Å². The van der Waals surface area contributed by atoms with E-state index < -0.39 is 0 Å². The Kier molecular flexibility index (Phi) is 5.91. The molecule has 0 atom stereocenters. The van der Waals surface area contributed by atoms with Crippen LogP contribution in [0.25, 0.3) is 5.69 Å². The van der Waals surface area contributed by atoms with Crippen molar-refractivity contribution >= 4 is 17.7 Å². The lowest BCUT2D eigenvalue weighted by Gasteiger charge is -2.18. The standard InChI is InChI=1S/C15H17N5OS/c1-3-10-19(11-4-2)14(21)12-22-15-16-17-18-20(15)13-8-6-5-7-9-13/h3-9H,1-2,10-12H2. The van der Waals surface area contributed by atoms with Crippen LogP contribution in [0.2, 0.25) is 0 Å². The molecule has 0 spiro atoms. The first kappa shape index (κ1) is 16.0. The average molecular weight is 315 g/mol. The quantitative estimate of drug-likeness (QED) is 0.550. The molecule has 0 N–H and O–H groups in total. The van der Waals surface area contributed by atoms with E-state index in [4.69, 9.17) is 0 Å². The zero-order valence-electron chi connectivity index (χ0n) is 12.1. The normalized spacial score (nSPS) is 10.2. The van der Waals surface area contributed by atoms with Crippen LogP contribution in [0.3, 0.4) is 0 Å². The number of carbonyl (C=O) groups is 1. The summed E-state index contributed by atoms with van der Waals surface area (Å²) in [5.74, 6) is 0.252. The molecule has 0 radical (unpaired) electrons. The molecule has 1 aromatic carbocycles. The van der Waals surface area contributed by atoms with Gasteiger partial charge in [-0.2, -0.15) is 4.68 Å². The first-order valence-electron chi connectivity index (χ1n) is 6.72. The SMILES string of the molecule is C=CCN(CC=C)C(=O)CSc1nnnn1-c1ccccc1. The number of tetrazole rings is 1. The van der Waals surface area contributed by atoms with Crippen molar-refractivity contribution in [2.75, 3.05) is 18.8 Å². The van der Waals surface area contributed by atoms with E-state index in [1.54, 1.807) is 21.7 Å². The minimum absolute atomic E-state index is 0.00703. The van der Waals surface area contributed by atoms with Gasteiger partial charge in [-0.15, -0.1) is 18.3 Å². The molecule has 1 aromatic heterocycles. The number of thioether (sulfide) groups is 1. The van der Waals surface area contributed by atoms with Crippen LogP contribution < -0.4 is 0 Å². The van der Waals surface area contributed by atoms with Gasteiger partial charge < -0.3 is 4.90 Å². The second kappa shape index (κ2) is 8.14. The monoisotopic (exact) mass is 315 g/mol. The van der Waals surface area contributed by atoms with Crippen molar-refractivity contribution in [3.63, 3.8) is 0 Å². The topological polar surface area (TPSA) is 63.9 Å². The molecule has 1 amide bonds. The van der Waals surface area contributed by atoms with Gasteiger partial charge >= 0.3 is 0 Å². The molecule has 6 nitrogen and oxygen atoms in total. The Bertz CT molecular complexity index is 630. The van der Waals surface area contributed by atoms with E-state index in [1.165, 1.54) is 11.8 Å². The van der Waals surface area contributed by atoms with Crippen molar-refractivity contribution in [1.82, 2.24) is 25.1 Å². The van der Waals surface area contributed by atoms with Gasteiger partial charge in [0.2, 0.25) is 11.1 Å². The third-order valence-corrected chi connectivity index (χ3v) is 3.72. The molecule has 2 aromatic rings. The van der Waals surface area contributed by atoms with E-state index >= 15 is 0 Å². The number of rotatable bonds is 8. The predicted octanol–water partition coefficient (Wildman–Crippen LogP) is 1.95. The van der Waals surface area contributed by atoms with Crippen LogP contribution in [0.1, 0.15) is 0 Å². The maximum atomic E-state index is 12.2. The van der Waals surface area contributed by atoms with E-state index in [0.29, 0.717) is 18.2 Å². The molecule has 0 aliphatic rings. The molecule has 0 aliphatic carbocycles. The van der Waals surface area contributed by atoms with Crippen LogP contribution in [0.5, 0.6) is 0 Å². The zero-order chi connectivity index (χ0) is 15.8. The highest BCUT2D eigenvalue weighted by Crippen LogP contribution is 2.18. The number of hydrogen-bond acceptors (Lipinski definition) is 5. The largest absolute Gasteiger partial charge is 0.335 e. The molecule has 2 rings (SSSR count). The fraction of sp³-hybridized carbons (Fsp3) is 0.200. The summed E-state index contributed by atoms with van der Waals surface area (Å²) >= 11 is 1.30. The fourth-order valence-corrected chi connectivity index (χ4v) is 2.60. The number of hydrogen-bond donors (Lipinski definition) is 0. The lowest BCUT2D eigenvalue weighted by molar-refractivity contribution is -0.127. The van der Waals surface area contributed by atoms with Crippen molar-refractivity contribution in [1.29, 1.82) is 0 Å². The molecule has 0 bridgehead atoms. The van der Waals surface area contributed by atoms with E-state index in [1.807, 2.05) is 30.3 Å². The molecule has 114 valence electrons. The van der Waals surface area contributed by atoms with Gasteiger partial charge in [0.1, 0.15) is 0 Å². The Hall–Kier alpha value is -2.41. The Balaban J connectivity index is 2.03. The van der Waals surface area contributed by atoms with Crippen LogP contribution in [-0.4, -0.2) is 49.9 Å². The Labute approximate surface area is 133 Å². The molecule has 1 heterocycles. The summed E-state index contributed by atoms with van der Waals surface area (Å²) in [6, 6.07) is 9.56. The number of aromatic nitrogens is 4. The Morgan fingerprint density at radius 1 is 1.23 bits per heavy atom. The van der Waals surface area contributed by atoms with E-state index in [0.717, 1.165) is 5.69 Å². The molecule has 22 heavy (non-hydrogen) atoms. The van der Waals surface area contributed by atoms with Crippen molar-refractivity contribution < 1.29 is 4.79 Å². The first-order chi connectivity index (χ1) is 10.8. The van der Waals surface area contributed by atoms with Crippen LogP contribution in [-0.2, 0) is 4.79 Å². The van der Waals surface area contributed by atoms with E-state index in [-0.39, 0.29) is 11.7 Å². The smallest absolute Gasteiger partial charge is 0.233 e. The van der Waals surface area contributed by atoms with Crippen LogP contribution in [0, 0.1) is 0 Å². The van der Waals surface area contributed by atoms with Crippen LogP contribution in [0.4, 0.5) is 0 Å². The number of nitrogens with zero attached hydrogens (tertiary/aromatic N) is 5. The molecule has 0 saturated heterocycles. The van der Waals surface area contributed by atoms with Crippen molar-refractivity contribution in [3.05, 3.63) is 55.6 Å². The molecule has 0 unspecified atom stereocenters. The van der Waals surface area contributed by atoms with Gasteiger partial charge in [-0.25, -0.2) is 0 Å². The second-order valence-electron chi connectivity index (χ2n) is 4.37. The average Bonchev–Trinajstić information content (AvgIpc) is 3.02. The minimum atomic E-state index is -0.00703. The van der Waals surface area contributed by atoms with Crippen molar-refractivity contribution in [2.45, 2.75) is 5.16 Å². The second-order valence-corrected chi connectivity index (χ2v) is 5.32. The van der Waals surface area contributed by atoms with Crippen LogP contribution in [0.15, 0.2) is 60.8 Å². The first-order valence-corrected chi connectivity index (χ1v) is 7.71. The molecular weight excluding hydrogens is 298 g/mol. The summed E-state index contributed by atoms with van der Waals surface area (Å²) in [6.45, 7) is 8.31. The third-order valence-electron chi connectivity index (χ3n) is 2.82. The predicted molar refractivity (Wildman–Crippen MR) is 86.9 cm³/mol. The minimum Gasteiger partial charge on any atom is -0.335 e. The summed E-state index contributed by atoms with van der Waals surface area (Å²) in [7, 11) is 0. The fourth-order valence-electron chi connectivity index (χ4n) is 1.81. The van der Waals surface area contributed by atoms with Gasteiger partial charge in [-0.1, -0.05) is 42.1 Å². The maximum absolute atomic E-state index is 12.2. The Morgan fingerprint density at radius 2 is 1.91 bits per heavy atom. The van der Waals surface area contributed by atoms with Crippen LogP contribution >= 0.6 is 11.8 Å². The number of para-hydroxylation sites is 1. The molecule has 7 heteroatoms. The highest BCUT2D eigenvalue weighted by atomic mass is 32.2. The van der Waals surface area contributed by atoms with Gasteiger partial charge in [0, 0.05) is 13.1 Å². The summed E-state index contributed by atoms with van der Waals surface area (Å²) in [6.07, 6.45) is 3.39. The Morgan fingerprint density at radius 3 is 2.55 bits per heavy atom. The summed E-state index contributed by atoms with van der Waals surface area (Å²) in [5.41, 5.74) is 0.858. The van der Waals surface area contributed by atoms with Crippen molar-refractivity contribution in [3.8, 4) is 5.69 Å². The van der Waals surface area contributed by atoms with Crippen molar-refractivity contribution in [2.24, 2.45) is 0 Å². The number of benzene rings is 1. The highest BCUT2D eigenvalue weighted by Gasteiger charge is 2.15. The van der Waals surface area contributed by atoms with Gasteiger partial charge in [0.05, 0.1) is 11.4 Å². The molecule has 0 saturated carbocycles. The maximum Gasteiger partial charge on any atom is 0.233 e. The summed E-state index contributed by atoms with van der Waals surface area (Å²) in [5, 5.41) is 12.2. The van der Waals surface area contributed by atoms with Gasteiger partial charge in [-0.3, -0.25) is 4.79 Å². The number of carbonyl (C=O) groups excluding carboxylic acids is 1. The third kappa shape index (κ3) is 4.05. The zero-order valence-corrected chi connectivity index (χ0v) is 12.9. The molecular formula is C15H17N5OS. The summed E-state index contributed by atoms with van der Waals surface area (Å²) in [4.78, 5) is 13.9. The molecule has 0 aliphatic heterocycles. The van der Waals surface area contributed by atoms with Gasteiger partial charge in [0.15, 0.2) is 0 Å². The highest BCUT2D eigenvalue weighted by molar-refractivity contribution is 7.99. The summed E-state index contributed by atoms with van der Waals surface area (Å²) < 4.78 is 1.61. The lowest BCUT2D eigenvalue weighted by Crippen LogP contribution is -2.32. The molecule has 0 fully saturated rings. The van der Waals surface area contributed by atoms with Gasteiger partial charge in [-0.05, 0) is 22.6 Å². The number of amides is 1. The van der Waals surface area contributed by atoms with E-state index in [2.05, 4.69) is 28.7 Å².